The van der Waals surface area contributed by atoms with E-state index in [4.69, 9.17) is 14.2 Å². The van der Waals surface area contributed by atoms with Crippen LogP contribution in [-0.4, -0.2) is 58.5 Å². The number of aryl methyl sites for hydroxylation is 1. The van der Waals surface area contributed by atoms with Gasteiger partial charge >= 0.3 is 5.97 Å². The van der Waals surface area contributed by atoms with Crippen LogP contribution in [0.1, 0.15) is 30.0 Å². The average molecular weight is 299 g/mol. The Morgan fingerprint density at radius 3 is 2.57 bits per heavy atom. The molecule has 0 spiro atoms. The summed E-state index contributed by atoms with van der Waals surface area (Å²) in [4.78, 5) is 15.0. The summed E-state index contributed by atoms with van der Waals surface area (Å²) in [5.41, 5.74) is 0.177. The molecule has 118 valence electrons. The van der Waals surface area contributed by atoms with Crippen molar-refractivity contribution < 1.29 is 29.2 Å². The maximum absolute atomic E-state index is 12.1. The van der Waals surface area contributed by atoms with E-state index in [1.54, 1.807) is 26.0 Å². The van der Waals surface area contributed by atoms with Gasteiger partial charge in [0.15, 0.2) is 12.4 Å². The van der Waals surface area contributed by atoms with Gasteiger partial charge in [-0.2, -0.15) is 0 Å². The Bertz CT molecular complexity index is 511. The predicted molar refractivity (Wildman–Crippen MR) is 72.7 cm³/mol. The lowest BCUT2D eigenvalue weighted by Gasteiger charge is -2.46. The molecule has 1 unspecified atom stereocenters. The molecule has 7 heteroatoms. The molecule has 0 amide bonds. The highest BCUT2D eigenvalue weighted by Crippen LogP contribution is 2.32. The van der Waals surface area contributed by atoms with Crippen LogP contribution in [-0.2, 0) is 14.2 Å². The molecule has 1 aliphatic heterocycles. The number of methoxy groups -OCH3 is 1. The van der Waals surface area contributed by atoms with Gasteiger partial charge in [0.2, 0.25) is 0 Å². The molecular weight excluding hydrogens is 278 g/mol. The van der Waals surface area contributed by atoms with E-state index < -0.39 is 36.2 Å². The maximum Gasteiger partial charge on any atom is 0.355 e. The second kappa shape index (κ2) is 5.76. The molecule has 2 heterocycles. The Hall–Kier alpha value is -1.41. The number of ether oxygens (including phenoxy) is 3. The van der Waals surface area contributed by atoms with E-state index in [1.165, 1.54) is 7.11 Å². The number of carbonyl (C=O) groups is 1. The van der Waals surface area contributed by atoms with Gasteiger partial charge in [0.25, 0.3) is 0 Å². The highest BCUT2D eigenvalue weighted by atomic mass is 16.7. The van der Waals surface area contributed by atoms with E-state index >= 15 is 0 Å². The van der Waals surface area contributed by atoms with E-state index in [0.717, 1.165) is 5.69 Å². The maximum atomic E-state index is 12.1. The van der Waals surface area contributed by atoms with Crippen LogP contribution in [0.4, 0.5) is 0 Å². The highest BCUT2D eigenvalue weighted by molar-refractivity contribution is 5.87. The molecule has 1 aromatic heterocycles. The van der Waals surface area contributed by atoms with Crippen LogP contribution < -0.4 is 0 Å². The Kier molecular flexibility index (Phi) is 4.38. The van der Waals surface area contributed by atoms with Gasteiger partial charge in [0, 0.05) is 12.8 Å². The molecule has 7 nitrogen and oxygen atoms in total. The number of hydrogen-bond donors (Lipinski definition) is 3. The van der Waals surface area contributed by atoms with Crippen molar-refractivity contribution in [2.24, 2.45) is 0 Å². The number of hydrogen-bond acceptors (Lipinski definition) is 6. The Morgan fingerprint density at radius 1 is 1.38 bits per heavy atom. The zero-order valence-electron chi connectivity index (χ0n) is 12.5. The zero-order valence-corrected chi connectivity index (χ0v) is 12.5. The first-order valence-corrected chi connectivity index (χ1v) is 6.69. The highest BCUT2D eigenvalue weighted by Gasteiger charge is 2.51. The van der Waals surface area contributed by atoms with Crippen molar-refractivity contribution in [3.8, 4) is 0 Å². The van der Waals surface area contributed by atoms with Crippen molar-refractivity contribution in [1.29, 1.82) is 0 Å². The van der Waals surface area contributed by atoms with Crippen LogP contribution in [0, 0.1) is 6.92 Å². The van der Waals surface area contributed by atoms with Crippen molar-refractivity contribution in [3.63, 3.8) is 0 Å². The number of aliphatic hydroxyl groups is 2. The van der Waals surface area contributed by atoms with E-state index in [2.05, 4.69) is 4.98 Å². The van der Waals surface area contributed by atoms with Crippen molar-refractivity contribution >= 4 is 5.97 Å². The molecule has 0 bridgehead atoms. The van der Waals surface area contributed by atoms with Crippen molar-refractivity contribution in [2.45, 2.75) is 51.0 Å². The monoisotopic (exact) mass is 299 g/mol. The topological polar surface area (TPSA) is 101 Å². The summed E-state index contributed by atoms with van der Waals surface area (Å²) < 4.78 is 15.9. The number of rotatable bonds is 3. The number of aromatic nitrogens is 1. The van der Waals surface area contributed by atoms with Gasteiger partial charge < -0.3 is 29.4 Å². The summed E-state index contributed by atoms with van der Waals surface area (Å²) in [6, 6.07) is 3.33. The number of H-pyrrole nitrogens is 1. The standard InChI is InChI=1S/C14H21NO6/c1-7-5-6-8(15-7)12(17)20-10-9(16)13(18)21-14(2,3)11(10)19-4/h5-6,9-11,13,15-16,18H,1-4H3/t9-,10+,11+,13?/m1/s1. The first kappa shape index (κ1) is 16.0. The SMILES string of the molecule is CO[C@H]1[C@@H](OC(=O)c2ccc(C)[nH]2)[C@@H](O)C(O)OC1(C)C. The van der Waals surface area contributed by atoms with Crippen molar-refractivity contribution in [3.05, 3.63) is 23.5 Å². The third-order valence-corrected chi connectivity index (χ3v) is 3.59. The summed E-state index contributed by atoms with van der Waals surface area (Å²) >= 11 is 0. The summed E-state index contributed by atoms with van der Waals surface area (Å²) in [5.74, 6) is -0.626. The zero-order chi connectivity index (χ0) is 15.8. The third kappa shape index (κ3) is 3.11. The summed E-state index contributed by atoms with van der Waals surface area (Å²) in [7, 11) is 1.43. The number of carbonyl (C=O) groups excluding carboxylic acids is 1. The number of nitrogens with one attached hydrogen (secondary N) is 1. The van der Waals surface area contributed by atoms with Gasteiger partial charge in [0.05, 0.1) is 5.60 Å². The van der Waals surface area contributed by atoms with Gasteiger partial charge in [-0.25, -0.2) is 4.79 Å². The van der Waals surface area contributed by atoms with Gasteiger partial charge in [-0.15, -0.1) is 0 Å². The quantitative estimate of drug-likeness (QED) is 0.696. The van der Waals surface area contributed by atoms with E-state index in [-0.39, 0.29) is 5.69 Å². The first-order chi connectivity index (χ1) is 9.76. The van der Waals surface area contributed by atoms with Crippen molar-refractivity contribution in [1.82, 2.24) is 4.98 Å². The molecule has 0 radical (unpaired) electrons. The van der Waals surface area contributed by atoms with E-state index in [1.807, 2.05) is 6.92 Å². The normalized spacial score (nSPS) is 31.9. The van der Waals surface area contributed by atoms with Gasteiger partial charge in [0.1, 0.15) is 17.9 Å². The molecule has 0 aliphatic carbocycles. The molecule has 21 heavy (non-hydrogen) atoms. The van der Waals surface area contributed by atoms with Crippen LogP contribution >= 0.6 is 0 Å². The number of esters is 1. The minimum atomic E-state index is -1.45. The molecule has 1 fully saturated rings. The van der Waals surface area contributed by atoms with Crippen LogP contribution in [0.25, 0.3) is 0 Å². The lowest BCUT2D eigenvalue weighted by Crippen LogP contribution is -2.63. The minimum absolute atomic E-state index is 0.272. The van der Waals surface area contributed by atoms with Crippen molar-refractivity contribution in [2.75, 3.05) is 7.11 Å². The van der Waals surface area contributed by atoms with Gasteiger partial charge in [-0.05, 0) is 32.9 Å². The second-order valence-corrected chi connectivity index (χ2v) is 5.68. The molecule has 4 atom stereocenters. The smallest absolute Gasteiger partial charge is 0.355 e. The number of aliphatic hydroxyl groups excluding tert-OH is 2. The van der Waals surface area contributed by atoms with Crippen LogP contribution in [0.5, 0.6) is 0 Å². The fourth-order valence-corrected chi connectivity index (χ4v) is 2.54. The fourth-order valence-electron chi connectivity index (χ4n) is 2.54. The van der Waals surface area contributed by atoms with Crippen LogP contribution in [0.3, 0.4) is 0 Å². The lowest BCUT2D eigenvalue weighted by molar-refractivity contribution is -0.313. The summed E-state index contributed by atoms with van der Waals surface area (Å²) in [6.45, 7) is 5.19. The Morgan fingerprint density at radius 2 is 2.05 bits per heavy atom. The molecule has 1 aromatic rings. The predicted octanol–water partition coefficient (Wildman–Crippen LogP) is 0.352. The first-order valence-electron chi connectivity index (χ1n) is 6.69. The van der Waals surface area contributed by atoms with Crippen LogP contribution in [0.15, 0.2) is 12.1 Å². The van der Waals surface area contributed by atoms with E-state index in [9.17, 15) is 15.0 Å². The van der Waals surface area contributed by atoms with Gasteiger partial charge in [-0.3, -0.25) is 0 Å². The summed E-state index contributed by atoms with van der Waals surface area (Å²) in [5, 5.41) is 19.8. The largest absolute Gasteiger partial charge is 0.452 e. The average Bonchev–Trinajstić information content (AvgIpc) is 2.82. The molecule has 3 N–H and O–H groups in total. The Labute approximate surface area is 122 Å². The fraction of sp³-hybridized carbons (Fsp3) is 0.643. The summed E-state index contributed by atoms with van der Waals surface area (Å²) in [6.07, 6.45) is -4.58. The molecule has 0 aromatic carbocycles. The molecule has 2 rings (SSSR count). The number of aromatic amines is 1. The second-order valence-electron chi connectivity index (χ2n) is 5.68. The Balaban J connectivity index is 2.20. The molecule has 1 saturated heterocycles. The van der Waals surface area contributed by atoms with Crippen LogP contribution in [0.2, 0.25) is 0 Å². The third-order valence-electron chi connectivity index (χ3n) is 3.59. The van der Waals surface area contributed by atoms with E-state index in [0.29, 0.717) is 0 Å². The molecular formula is C14H21NO6. The lowest BCUT2D eigenvalue weighted by atomic mass is 9.89. The molecule has 1 aliphatic rings. The minimum Gasteiger partial charge on any atom is -0.452 e. The molecule has 0 saturated carbocycles. The van der Waals surface area contributed by atoms with Gasteiger partial charge in [-0.1, -0.05) is 0 Å².